The smallest absolute Gasteiger partial charge is 0.344 e. The molecule has 0 N–H and O–H groups in total. The second-order valence-electron chi connectivity index (χ2n) is 5.38. The zero-order chi connectivity index (χ0) is 18.4. The topological polar surface area (TPSA) is 95.7 Å². The molecule has 2 aromatic rings. The van der Waals surface area contributed by atoms with E-state index in [4.69, 9.17) is 9.47 Å². The minimum atomic E-state index is -0.982. The highest BCUT2D eigenvalue weighted by atomic mass is 16.6. The van der Waals surface area contributed by atoms with E-state index in [2.05, 4.69) is 0 Å². The molecule has 0 spiro atoms. The quantitative estimate of drug-likeness (QED) is 0.332. The second-order valence-corrected chi connectivity index (χ2v) is 5.38. The zero-order valence-electron chi connectivity index (χ0n) is 13.8. The van der Waals surface area contributed by atoms with Crippen LogP contribution in [0.2, 0.25) is 0 Å². The standard InChI is InChI=1S/C18H17NO6/c1-12-7-9-14(10-8-12)18(21)13(2)25-17(20)11-24-16-6-4-3-5-15(16)19(22)23/h3-10,13H,11H2,1-2H3/t13-/m1/s1. The first-order valence-electron chi connectivity index (χ1n) is 7.55. The molecule has 7 heteroatoms. The summed E-state index contributed by atoms with van der Waals surface area (Å²) < 4.78 is 10.2. The van der Waals surface area contributed by atoms with E-state index in [1.165, 1.54) is 25.1 Å². The van der Waals surface area contributed by atoms with Gasteiger partial charge in [-0.1, -0.05) is 42.0 Å². The van der Waals surface area contributed by atoms with Crippen molar-refractivity contribution >= 4 is 17.4 Å². The average Bonchev–Trinajstić information content (AvgIpc) is 2.60. The number of hydrogen-bond acceptors (Lipinski definition) is 6. The van der Waals surface area contributed by atoms with Crippen molar-refractivity contribution in [2.24, 2.45) is 0 Å². The Morgan fingerprint density at radius 2 is 1.76 bits per heavy atom. The Balaban J connectivity index is 1.93. The fraction of sp³-hybridized carbons (Fsp3) is 0.222. The van der Waals surface area contributed by atoms with Crippen LogP contribution in [0.5, 0.6) is 5.75 Å². The summed E-state index contributed by atoms with van der Waals surface area (Å²) in [5.41, 5.74) is 1.20. The van der Waals surface area contributed by atoms with Gasteiger partial charge in [-0.3, -0.25) is 14.9 Å². The summed E-state index contributed by atoms with van der Waals surface area (Å²) in [6.45, 7) is 2.83. The summed E-state index contributed by atoms with van der Waals surface area (Å²) in [6.07, 6.45) is -0.982. The molecule has 2 aromatic carbocycles. The number of carbonyl (C=O) groups is 2. The van der Waals surface area contributed by atoms with Crippen LogP contribution in [-0.2, 0) is 9.53 Å². The number of benzene rings is 2. The molecule has 130 valence electrons. The SMILES string of the molecule is Cc1ccc(C(=O)[C@@H](C)OC(=O)COc2ccccc2[N+](=O)[O-])cc1. The number of hydrogen-bond donors (Lipinski definition) is 0. The van der Waals surface area contributed by atoms with E-state index >= 15 is 0 Å². The Hall–Kier alpha value is -3.22. The molecule has 0 amide bonds. The van der Waals surface area contributed by atoms with Crippen molar-refractivity contribution in [1.29, 1.82) is 0 Å². The molecule has 1 atom stereocenters. The molecule has 2 rings (SSSR count). The van der Waals surface area contributed by atoms with Crippen molar-refractivity contribution in [2.75, 3.05) is 6.61 Å². The molecular weight excluding hydrogens is 326 g/mol. The third kappa shape index (κ3) is 4.87. The van der Waals surface area contributed by atoms with E-state index in [1.807, 2.05) is 6.92 Å². The van der Waals surface area contributed by atoms with Crippen LogP contribution in [0.15, 0.2) is 48.5 Å². The molecule has 0 aliphatic rings. The van der Waals surface area contributed by atoms with Gasteiger partial charge in [0.25, 0.3) is 0 Å². The highest BCUT2D eigenvalue weighted by molar-refractivity contribution is 6.00. The van der Waals surface area contributed by atoms with Gasteiger partial charge in [0.15, 0.2) is 18.5 Å². The third-order valence-electron chi connectivity index (χ3n) is 3.42. The maximum Gasteiger partial charge on any atom is 0.344 e. The number of ether oxygens (including phenoxy) is 2. The van der Waals surface area contributed by atoms with Gasteiger partial charge in [0, 0.05) is 11.6 Å². The minimum absolute atomic E-state index is 0.0398. The Morgan fingerprint density at radius 1 is 1.12 bits per heavy atom. The number of Topliss-reactive ketones (excluding diaryl/α,β-unsaturated/α-hetero) is 1. The van der Waals surface area contributed by atoms with Crippen molar-refractivity contribution in [3.05, 3.63) is 69.8 Å². The molecule has 0 heterocycles. The van der Waals surface area contributed by atoms with Crippen LogP contribution in [0, 0.1) is 17.0 Å². The Bertz CT molecular complexity index is 784. The predicted octanol–water partition coefficient (Wildman–Crippen LogP) is 3.10. The van der Waals surface area contributed by atoms with Crippen LogP contribution in [0.1, 0.15) is 22.8 Å². The van der Waals surface area contributed by atoms with E-state index in [1.54, 1.807) is 30.3 Å². The van der Waals surface area contributed by atoms with Gasteiger partial charge in [-0.05, 0) is 19.9 Å². The summed E-state index contributed by atoms with van der Waals surface area (Å²) in [5, 5.41) is 10.9. The summed E-state index contributed by atoms with van der Waals surface area (Å²) >= 11 is 0. The fourth-order valence-electron chi connectivity index (χ4n) is 2.10. The van der Waals surface area contributed by atoms with E-state index in [0.29, 0.717) is 5.56 Å². The number of aryl methyl sites for hydroxylation is 1. The van der Waals surface area contributed by atoms with Crippen LogP contribution in [0.3, 0.4) is 0 Å². The Labute approximate surface area is 144 Å². The van der Waals surface area contributed by atoms with Crippen molar-refractivity contribution in [2.45, 2.75) is 20.0 Å². The van der Waals surface area contributed by atoms with Crippen molar-refractivity contribution in [3.63, 3.8) is 0 Å². The summed E-state index contributed by atoms with van der Waals surface area (Å²) in [7, 11) is 0. The van der Waals surface area contributed by atoms with Gasteiger partial charge >= 0.3 is 11.7 Å². The molecule has 0 bridgehead atoms. The Kier molecular flexibility index (Phi) is 5.84. The number of carbonyl (C=O) groups excluding carboxylic acids is 2. The molecule has 7 nitrogen and oxygen atoms in total. The molecule has 0 aliphatic heterocycles. The second kappa shape index (κ2) is 8.05. The van der Waals surface area contributed by atoms with Crippen molar-refractivity contribution < 1.29 is 24.0 Å². The van der Waals surface area contributed by atoms with E-state index in [0.717, 1.165) is 5.56 Å². The molecule has 0 unspecified atom stereocenters. The summed E-state index contributed by atoms with van der Waals surface area (Å²) in [5.74, 6) is -1.16. The maximum absolute atomic E-state index is 12.2. The van der Waals surface area contributed by atoms with Gasteiger partial charge in [-0.15, -0.1) is 0 Å². The number of nitrogens with zero attached hydrogens (tertiary/aromatic N) is 1. The molecule has 0 saturated heterocycles. The van der Waals surface area contributed by atoms with E-state index < -0.39 is 23.6 Å². The lowest BCUT2D eigenvalue weighted by atomic mass is 10.1. The van der Waals surface area contributed by atoms with Gasteiger partial charge in [0.2, 0.25) is 5.78 Å². The number of esters is 1. The number of nitro benzene ring substituents is 1. The molecule has 0 saturated carbocycles. The van der Waals surface area contributed by atoms with Crippen LogP contribution >= 0.6 is 0 Å². The summed E-state index contributed by atoms with van der Waals surface area (Å²) in [6, 6.07) is 12.6. The fourth-order valence-corrected chi connectivity index (χ4v) is 2.10. The van der Waals surface area contributed by atoms with Crippen molar-refractivity contribution in [3.8, 4) is 5.75 Å². The van der Waals surface area contributed by atoms with Gasteiger partial charge < -0.3 is 9.47 Å². The number of para-hydroxylation sites is 2. The van der Waals surface area contributed by atoms with E-state index in [9.17, 15) is 19.7 Å². The third-order valence-corrected chi connectivity index (χ3v) is 3.42. The van der Waals surface area contributed by atoms with Gasteiger partial charge in [0.1, 0.15) is 0 Å². The Morgan fingerprint density at radius 3 is 2.40 bits per heavy atom. The lowest BCUT2D eigenvalue weighted by Crippen LogP contribution is -2.27. The molecular formula is C18H17NO6. The van der Waals surface area contributed by atoms with Crippen LogP contribution in [0.25, 0.3) is 0 Å². The molecule has 0 aromatic heterocycles. The van der Waals surface area contributed by atoms with E-state index in [-0.39, 0.29) is 17.2 Å². The van der Waals surface area contributed by atoms with Crippen LogP contribution in [0.4, 0.5) is 5.69 Å². The zero-order valence-corrected chi connectivity index (χ0v) is 13.8. The summed E-state index contributed by atoms with van der Waals surface area (Å²) in [4.78, 5) is 34.3. The normalized spacial score (nSPS) is 11.4. The maximum atomic E-state index is 12.2. The van der Waals surface area contributed by atoms with Crippen LogP contribution < -0.4 is 4.74 Å². The average molecular weight is 343 g/mol. The number of ketones is 1. The molecule has 25 heavy (non-hydrogen) atoms. The number of nitro groups is 1. The molecule has 0 aliphatic carbocycles. The minimum Gasteiger partial charge on any atom is -0.475 e. The highest BCUT2D eigenvalue weighted by Crippen LogP contribution is 2.25. The first kappa shape index (κ1) is 18.1. The first-order chi connectivity index (χ1) is 11.9. The molecule has 0 radical (unpaired) electrons. The van der Waals surface area contributed by atoms with Crippen molar-refractivity contribution in [1.82, 2.24) is 0 Å². The lowest BCUT2D eigenvalue weighted by Gasteiger charge is -2.13. The molecule has 0 fully saturated rings. The van der Waals surface area contributed by atoms with Crippen LogP contribution in [-0.4, -0.2) is 29.4 Å². The monoisotopic (exact) mass is 343 g/mol. The van der Waals surface area contributed by atoms with Gasteiger partial charge in [-0.2, -0.15) is 0 Å². The van der Waals surface area contributed by atoms with Gasteiger partial charge in [-0.25, -0.2) is 4.79 Å². The van der Waals surface area contributed by atoms with Gasteiger partial charge in [0.05, 0.1) is 4.92 Å². The number of rotatable bonds is 7. The highest BCUT2D eigenvalue weighted by Gasteiger charge is 2.21. The largest absolute Gasteiger partial charge is 0.475 e. The lowest BCUT2D eigenvalue weighted by molar-refractivity contribution is -0.385. The predicted molar refractivity (Wildman–Crippen MR) is 89.7 cm³/mol. The first-order valence-corrected chi connectivity index (χ1v) is 7.55.